The van der Waals surface area contributed by atoms with Crippen molar-refractivity contribution in [3.05, 3.63) is 87.1 Å². The Balaban J connectivity index is 1.88. The molecule has 26 heavy (non-hydrogen) atoms. The van der Waals surface area contributed by atoms with E-state index < -0.39 is 11.7 Å². The van der Waals surface area contributed by atoms with E-state index in [9.17, 15) is 9.18 Å². The third kappa shape index (κ3) is 4.42. The van der Waals surface area contributed by atoms with E-state index in [1.807, 2.05) is 31.2 Å². The van der Waals surface area contributed by atoms with E-state index in [0.717, 1.165) is 5.56 Å². The van der Waals surface area contributed by atoms with Crippen molar-refractivity contribution in [2.45, 2.75) is 6.92 Å². The Morgan fingerprint density at radius 1 is 1.08 bits per heavy atom. The summed E-state index contributed by atoms with van der Waals surface area (Å²) in [5.41, 5.74) is 1.83. The van der Waals surface area contributed by atoms with Crippen molar-refractivity contribution in [1.82, 2.24) is 0 Å². The normalized spacial score (nSPS) is 10.5. The van der Waals surface area contributed by atoms with E-state index in [0.29, 0.717) is 32.2 Å². The Morgan fingerprint density at radius 2 is 1.81 bits per heavy atom. The maximum absolute atomic E-state index is 13.2. The first kappa shape index (κ1) is 18.4. The number of hydrogen-bond acceptors (Lipinski definition) is 2. The fraction of sp³-hybridized carbons (Fsp3) is 0.0500. The minimum absolute atomic E-state index is 0.299. The van der Waals surface area contributed by atoms with Gasteiger partial charge >= 0.3 is 0 Å². The standard InChI is InChI=1S/C20H14BrClFNO2/c1-12-2-6-15(7-3-12)26-19-9-4-13(22)10-18(19)24-20(25)16-8-5-14(23)11-17(16)21/h2-11H,1H3,(H,24,25). The second-order valence-corrected chi connectivity index (χ2v) is 6.92. The lowest BCUT2D eigenvalue weighted by Gasteiger charge is -2.13. The first-order valence-electron chi connectivity index (χ1n) is 7.73. The number of carbonyl (C=O) groups excluding carboxylic acids is 1. The fourth-order valence-corrected chi connectivity index (χ4v) is 2.99. The van der Waals surface area contributed by atoms with Crippen LogP contribution in [0.4, 0.5) is 10.1 Å². The highest BCUT2D eigenvalue weighted by atomic mass is 79.9. The van der Waals surface area contributed by atoms with Crippen molar-refractivity contribution in [3.8, 4) is 11.5 Å². The average Bonchev–Trinajstić information content (AvgIpc) is 2.59. The molecular weight excluding hydrogens is 421 g/mol. The van der Waals surface area contributed by atoms with E-state index in [1.54, 1.807) is 18.2 Å². The molecule has 0 unspecified atom stereocenters. The molecule has 1 N–H and O–H groups in total. The summed E-state index contributed by atoms with van der Waals surface area (Å²) >= 11 is 9.25. The molecule has 0 aromatic heterocycles. The van der Waals surface area contributed by atoms with Crippen molar-refractivity contribution in [3.63, 3.8) is 0 Å². The Morgan fingerprint density at radius 3 is 2.50 bits per heavy atom. The SMILES string of the molecule is Cc1ccc(Oc2ccc(Cl)cc2NC(=O)c2ccc(F)cc2Br)cc1. The molecule has 0 fully saturated rings. The van der Waals surface area contributed by atoms with Gasteiger partial charge < -0.3 is 10.1 Å². The molecule has 0 saturated carbocycles. The van der Waals surface area contributed by atoms with Gasteiger partial charge in [-0.05, 0) is 71.4 Å². The number of rotatable bonds is 4. The molecule has 0 aliphatic carbocycles. The third-order valence-corrected chi connectivity index (χ3v) is 4.51. The van der Waals surface area contributed by atoms with Crippen LogP contribution in [0.3, 0.4) is 0 Å². The first-order chi connectivity index (χ1) is 12.4. The quantitative estimate of drug-likeness (QED) is 0.503. The number of halogens is 3. The molecule has 0 bridgehead atoms. The van der Waals surface area contributed by atoms with Gasteiger partial charge in [-0.1, -0.05) is 29.3 Å². The van der Waals surface area contributed by atoms with Crippen LogP contribution >= 0.6 is 27.5 Å². The molecule has 0 saturated heterocycles. The Labute approximate surface area is 163 Å². The molecule has 0 heterocycles. The molecule has 132 valence electrons. The monoisotopic (exact) mass is 433 g/mol. The van der Waals surface area contributed by atoms with Crippen LogP contribution in [0.25, 0.3) is 0 Å². The number of nitrogens with one attached hydrogen (secondary N) is 1. The van der Waals surface area contributed by atoms with Crippen LogP contribution in [0.15, 0.2) is 65.1 Å². The van der Waals surface area contributed by atoms with Gasteiger partial charge in [0, 0.05) is 9.50 Å². The van der Waals surface area contributed by atoms with Crippen molar-refractivity contribution in [2.24, 2.45) is 0 Å². The Kier molecular flexibility index (Phi) is 5.59. The maximum Gasteiger partial charge on any atom is 0.256 e. The zero-order chi connectivity index (χ0) is 18.7. The predicted octanol–water partition coefficient (Wildman–Crippen LogP) is 6.59. The van der Waals surface area contributed by atoms with Gasteiger partial charge in [-0.15, -0.1) is 0 Å². The number of ether oxygens (including phenoxy) is 1. The van der Waals surface area contributed by atoms with Gasteiger partial charge in [0.15, 0.2) is 5.75 Å². The maximum atomic E-state index is 13.2. The highest BCUT2D eigenvalue weighted by Crippen LogP contribution is 2.33. The topological polar surface area (TPSA) is 38.3 Å². The molecule has 3 aromatic carbocycles. The van der Waals surface area contributed by atoms with Crippen LogP contribution in [-0.2, 0) is 0 Å². The summed E-state index contributed by atoms with van der Waals surface area (Å²) in [5, 5.41) is 3.21. The molecule has 0 radical (unpaired) electrons. The van der Waals surface area contributed by atoms with Crippen molar-refractivity contribution >= 4 is 39.1 Å². The Hall–Kier alpha value is -2.37. The van der Waals surface area contributed by atoms with Gasteiger partial charge in [-0.3, -0.25) is 4.79 Å². The number of aryl methyl sites for hydroxylation is 1. The van der Waals surface area contributed by atoms with E-state index >= 15 is 0 Å². The van der Waals surface area contributed by atoms with Gasteiger partial charge in [0.2, 0.25) is 0 Å². The lowest BCUT2D eigenvalue weighted by Crippen LogP contribution is -2.13. The van der Waals surface area contributed by atoms with Crippen molar-refractivity contribution < 1.29 is 13.9 Å². The summed E-state index contributed by atoms with van der Waals surface area (Å²) in [6.45, 7) is 1.98. The van der Waals surface area contributed by atoms with E-state index in [4.69, 9.17) is 16.3 Å². The lowest BCUT2D eigenvalue weighted by atomic mass is 10.2. The largest absolute Gasteiger partial charge is 0.455 e. The van der Waals surface area contributed by atoms with Gasteiger partial charge in [0.25, 0.3) is 5.91 Å². The van der Waals surface area contributed by atoms with Crippen molar-refractivity contribution in [1.29, 1.82) is 0 Å². The number of carbonyl (C=O) groups is 1. The average molecular weight is 435 g/mol. The molecule has 3 aromatic rings. The summed E-state index contributed by atoms with van der Waals surface area (Å²) in [5.74, 6) is 0.244. The van der Waals surface area contributed by atoms with Crippen LogP contribution in [0, 0.1) is 12.7 Å². The molecule has 6 heteroatoms. The predicted molar refractivity (Wildman–Crippen MR) is 105 cm³/mol. The highest BCUT2D eigenvalue weighted by Gasteiger charge is 2.14. The fourth-order valence-electron chi connectivity index (χ4n) is 2.29. The highest BCUT2D eigenvalue weighted by molar-refractivity contribution is 9.10. The van der Waals surface area contributed by atoms with Crippen LogP contribution < -0.4 is 10.1 Å². The molecule has 0 aliphatic heterocycles. The Bertz CT molecular complexity index is 961. The van der Waals surface area contributed by atoms with E-state index in [-0.39, 0.29) is 0 Å². The van der Waals surface area contributed by atoms with Crippen LogP contribution in [0.1, 0.15) is 15.9 Å². The van der Waals surface area contributed by atoms with Crippen LogP contribution in [0.2, 0.25) is 5.02 Å². The van der Waals surface area contributed by atoms with E-state index in [2.05, 4.69) is 21.2 Å². The minimum Gasteiger partial charge on any atom is -0.455 e. The number of hydrogen-bond donors (Lipinski definition) is 1. The second-order valence-electron chi connectivity index (χ2n) is 5.63. The second kappa shape index (κ2) is 7.89. The van der Waals surface area contributed by atoms with Gasteiger partial charge in [0.05, 0.1) is 11.3 Å². The lowest BCUT2D eigenvalue weighted by molar-refractivity contribution is 0.102. The molecule has 0 spiro atoms. The first-order valence-corrected chi connectivity index (χ1v) is 8.90. The number of benzene rings is 3. The molecule has 1 amide bonds. The molecule has 3 nitrogen and oxygen atoms in total. The molecular formula is C20H14BrClFNO2. The van der Waals surface area contributed by atoms with Gasteiger partial charge in [-0.25, -0.2) is 4.39 Å². The zero-order valence-electron chi connectivity index (χ0n) is 13.7. The summed E-state index contributed by atoms with van der Waals surface area (Å²) in [6, 6.07) is 16.3. The molecule has 0 atom stereocenters. The number of amides is 1. The smallest absolute Gasteiger partial charge is 0.256 e. The molecule has 0 aliphatic rings. The molecule has 3 rings (SSSR count). The van der Waals surface area contributed by atoms with Crippen LogP contribution in [0.5, 0.6) is 11.5 Å². The van der Waals surface area contributed by atoms with Gasteiger partial charge in [-0.2, -0.15) is 0 Å². The summed E-state index contributed by atoms with van der Waals surface area (Å²) in [6.07, 6.45) is 0. The zero-order valence-corrected chi connectivity index (χ0v) is 16.1. The minimum atomic E-state index is -0.431. The van der Waals surface area contributed by atoms with E-state index in [1.165, 1.54) is 18.2 Å². The van der Waals surface area contributed by atoms with Crippen LogP contribution in [-0.4, -0.2) is 5.91 Å². The summed E-state index contributed by atoms with van der Waals surface area (Å²) < 4.78 is 19.4. The van der Waals surface area contributed by atoms with Gasteiger partial charge in [0.1, 0.15) is 11.6 Å². The number of anilines is 1. The third-order valence-electron chi connectivity index (χ3n) is 3.61. The summed E-state index contributed by atoms with van der Waals surface area (Å²) in [4.78, 5) is 12.5. The van der Waals surface area contributed by atoms with Crippen molar-refractivity contribution in [2.75, 3.05) is 5.32 Å². The summed E-state index contributed by atoms with van der Waals surface area (Å²) in [7, 11) is 0.